The van der Waals surface area contributed by atoms with E-state index in [1.165, 1.54) is 25.3 Å². The molecule has 7 atom stereocenters. The number of sulfonamides is 1. The van der Waals surface area contributed by atoms with Crippen molar-refractivity contribution in [2.75, 3.05) is 34.0 Å². The molecule has 2 aliphatic heterocycles. The molecule has 1 aromatic heterocycles. The average Bonchev–Trinajstić information content (AvgIpc) is 4.06. The lowest BCUT2D eigenvalue weighted by Crippen LogP contribution is -2.64. The quantitative estimate of drug-likeness (QED) is 0.276. The van der Waals surface area contributed by atoms with Crippen LogP contribution < -0.4 is 19.5 Å². The number of alkyl halides is 1. The standard InChI is InChI=1S/C40H54FN5O10S/c1-24-11-7-8-12-26-19-40(26,36(49)44-57(52,53)39(22-41)15-16-39)43-33(47)30-18-27(56-34-29-14-10-9-13-28(29)31(55-6)20-42-34)21-45(30)35(48)32(25(2)17-24)46(37(50)51)38(3,4)23-54-5/h8-10,12-14,20,24-27,30,32H,7,11,15-19,21-23H2,1-6H3,(H,43,47)(H,44,49)(H,50,51)/b12-8-/t24-,25-,26-,27-,30+,32+,40-/m1/s1. The largest absolute Gasteiger partial charge is 0.494 e. The smallest absolute Gasteiger partial charge is 0.408 e. The van der Waals surface area contributed by atoms with E-state index >= 15 is 4.79 Å². The molecule has 2 aromatic rings. The summed E-state index contributed by atoms with van der Waals surface area (Å²) < 4.78 is 58.1. The Bertz CT molecular complexity index is 2030. The van der Waals surface area contributed by atoms with Crippen molar-refractivity contribution in [1.82, 2.24) is 24.8 Å². The minimum atomic E-state index is -4.41. The zero-order valence-corrected chi connectivity index (χ0v) is 34.1. The van der Waals surface area contributed by atoms with Crippen LogP contribution >= 0.6 is 0 Å². The average molecular weight is 816 g/mol. The van der Waals surface area contributed by atoms with E-state index in [1.54, 1.807) is 26.0 Å². The number of allylic oxidation sites excluding steroid dienone is 1. The van der Waals surface area contributed by atoms with Crippen LogP contribution in [0.15, 0.2) is 42.6 Å². The van der Waals surface area contributed by atoms with Gasteiger partial charge in [0.1, 0.15) is 40.9 Å². The SMILES string of the molecule is COCC(C)(C)N(C(=O)O)[C@@H]1C(=O)N2C[C@H](Oc3ncc(OC)c4ccccc34)C[C@H]2C(=O)N[C@]2(C(=O)NS(=O)(=O)C3(CF)CC3)C[C@H]2/C=C\CC[C@@H](C)C[C@H]1C. The molecule has 3 heterocycles. The van der Waals surface area contributed by atoms with Crippen LogP contribution in [0.3, 0.4) is 0 Å². The zero-order valence-electron chi connectivity index (χ0n) is 33.3. The number of carbonyl (C=O) groups excluding carboxylic acids is 3. The van der Waals surface area contributed by atoms with E-state index < -0.39 is 86.4 Å². The number of methoxy groups -OCH3 is 2. The molecule has 0 unspecified atom stereocenters. The summed E-state index contributed by atoms with van der Waals surface area (Å²) in [6.45, 7) is 5.90. The maximum Gasteiger partial charge on any atom is 0.408 e. The molecule has 0 bridgehead atoms. The Kier molecular flexibility index (Phi) is 11.8. The van der Waals surface area contributed by atoms with Crippen molar-refractivity contribution in [3.63, 3.8) is 0 Å². The molecule has 2 aliphatic carbocycles. The van der Waals surface area contributed by atoms with Gasteiger partial charge in [-0.3, -0.25) is 24.0 Å². The summed E-state index contributed by atoms with van der Waals surface area (Å²) in [6.07, 6.45) is 4.93. The Balaban J connectivity index is 1.41. The van der Waals surface area contributed by atoms with Crippen molar-refractivity contribution < 1.29 is 51.3 Å². The van der Waals surface area contributed by atoms with Gasteiger partial charge in [0.05, 0.1) is 32.0 Å². The monoisotopic (exact) mass is 815 g/mol. The number of hydrogen-bond donors (Lipinski definition) is 3. The van der Waals surface area contributed by atoms with Crippen molar-refractivity contribution >= 4 is 44.6 Å². The van der Waals surface area contributed by atoms with E-state index in [4.69, 9.17) is 14.2 Å². The van der Waals surface area contributed by atoms with Gasteiger partial charge in [0.15, 0.2) is 0 Å². The van der Waals surface area contributed by atoms with Gasteiger partial charge < -0.3 is 29.5 Å². The lowest BCUT2D eigenvalue weighted by Gasteiger charge is -2.45. The van der Waals surface area contributed by atoms with Gasteiger partial charge in [-0.2, -0.15) is 0 Å². The second-order valence-corrected chi connectivity index (χ2v) is 18.9. The third-order valence-corrected chi connectivity index (χ3v) is 14.2. The first kappa shape index (κ1) is 42.1. The number of pyridine rings is 1. The first-order valence-electron chi connectivity index (χ1n) is 19.5. The topological polar surface area (TPSA) is 194 Å². The van der Waals surface area contributed by atoms with Crippen molar-refractivity contribution in [1.29, 1.82) is 0 Å². The van der Waals surface area contributed by atoms with Crippen molar-refractivity contribution in [3.8, 4) is 11.6 Å². The molecule has 0 radical (unpaired) electrons. The molecular weight excluding hydrogens is 762 g/mol. The molecule has 6 rings (SSSR count). The third kappa shape index (κ3) is 8.14. The fourth-order valence-electron chi connectivity index (χ4n) is 8.63. The van der Waals surface area contributed by atoms with Gasteiger partial charge in [-0.1, -0.05) is 44.2 Å². The van der Waals surface area contributed by atoms with Crippen LogP contribution in [0.5, 0.6) is 11.6 Å². The summed E-state index contributed by atoms with van der Waals surface area (Å²) in [5.74, 6) is -2.65. The predicted octanol–water partition coefficient (Wildman–Crippen LogP) is 4.20. The Labute approximate surface area is 332 Å². The number of rotatable bonds is 11. The van der Waals surface area contributed by atoms with Gasteiger partial charge in [0.2, 0.25) is 27.7 Å². The van der Waals surface area contributed by atoms with E-state index in [0.717, 1.165) is 10.3 Å². The number of aromatic nitrogens is 1. The van der Waals surface area contributed by atoms with Gasteiger partial charge in [-0.05, 0) is 70.3 Å². The second kappa shape index (κ2) is 16.0. The van der Waals surface area contributed by atoms with Gasteiger partial charge in [0.25, 0.3) is 5.91 Å². The normalized spacial score (nSPS) is 29.5. The van der Waals surface area contributed by atoms with Crippen molar-refractivity contribution in [3.05, 3.63) is 42.6 Å². The minimum absolute atomic E-state index is 0.0202. The first-order chi connectivity index (χ1) is 26.9. The predicted molar refractivity (Wildman–Crippen MR) is 208 cm³/mol. The molecule has 4 aliphatic rings. The second-order valence-electron chi connectivity index (χ2n) is 16.8. The summed E-state index contributed by atoms with van der Waals surface area (Å²) >= 11 is 0. The molecule has 15 nitrogen and oxygen atoms in total. The fraction of sp³-hybridized carbons (Fsp3) is 0.625. The van der Waals surface area contributed by atoms with Crippen LogP contribution in [0.25, 0.3) is 10.8 Å². The van der Waals surface area contributed by atoms with E-state index in [0.29, 0.717) is 30.4 Å². The number of nitrogens with zero attached hydrogens (tertiary/aromatic N) is 3. The third-order valence-electron chi connectivity index (χ3n) is 12.1. The van der Waals surface area contributed by atoms with Crippen LogP contribution in [0.1, 0.15) is 72.6 Å². The minimum Gasteiger partial charge on any atom is -0.494 e. The molecule has 1 aromatic carbocycles. The highest BCUT2D eigenvalue weighted by molar-refractivity contribution is 7.91. The van der Waals surface area contributed by atoms with Gasteiger partial charge >= 0.3 is 6.09 Å². The highest BCUT2D eigenvalue weighted by Gasteiger charge is 2.64. The van der Waals surface area contributed by atoms with Crippen LogP contribution in [0, 0.1) is 17.8 Å². The summed E-state index contributed by atoms with van der Waals surface area (Å²) in [6, 6.07) is 4.78. The van der Waals surface area contributed by atoms with Crippen LogP contribution in [0.4, 0.5) is 9.18 Å². The molecule has 1 saturated heterocycles. The van der Waals surface area contributed by atoms with Crippen molar-refractivity contribution in [2.24, 2.45) is 17.8 Å². The number of hydrogen-bond acceptors (Lipinski definition) is 10. The van der Waals surface area contributed by atoms with E-state index in [1.807, 2.05) is 38.1 Å². The van der Waals surface area contributed by atoms with Crippen LogP contribution in [-0.4, -0.2) is 120 Å². The summed E-state index contributed by atoms with van der Waals surface area (Å²) in [7, 11) is -1.44. The number of fused-ring (bicyclic) bond motifs is 3. The van der Waals surface area contributed by atoms with E-state index in [9.17, 15) is 32.3 Å². The molecule has 0 spiro atoms. The Hall–Kier alpha value is -4.51. The Morgan fingerprint density at radius 2 is 1.84 bits per heavy atom. The zero-order chi connectivity index (χ0) is 41.5. The maximum absolute atomic E-state index is 15.2. The Morgan fingerprint density at radius 3 is 2.47 bits per heavy atom. The summed E-state index contributed by atoms with van der Waals surface area (Å²) in [5.41, 5.74) is -2.86. The number of ether oxygens (including phenoxy) is 3. The molecule has 3 fully saturated rings. The lowest BCUT2D eigenvalue weighted by atomic mass is 9.85. The van der Waals surface area contributed by atoms with Gasteiger partial charge in [0, 0.05) is 30.2 Å². The molecule has 3 N–H and O–H groups in total. The number of halogens is 1. The summed E-state index contributed by atoms with van der Waals surface area (Å²) in [5, 5.41) is 14.9. The van der Waals surface area contributed by atoms with Crippen molar-refractivity contribution in [2.45, 2.75) is 107 Å². The number of amides is 4. The molecular formula is C40H54FN5O10S. The van der Waals surface area contributed by atoms with Gasteiger partial charge in [-0.15, -0.1) is 0 Å². The first-order valence-corrected chi connectivity index (χ1v) is 20.9. The number of benzene rings is 1. The Morgan fingerprint density at radius 1 is 1.14 bits per heavy atom. The molecule has 312 valence electrons. The lowest BCUT2D eigenvalue weighted by molar-refractivity contribution is -0.147. The molecule has 2 saturated carbocycles. The van der Waals surface area contributed by atoms with E-state index in [2.05, 4.69) is 15.0 Å². The van der Waals surface area contributed by atoms with Crippen LogP contribution in [-0.2, 0) is 29.1 Å². The molecule has 57 heavy (non-hydrogen) atoms. The number of carboxylic acid groups (broad SMARTS) is 1. The highest BCUT2D eigenvalue weighted by Crippen LogP contribution is 2.48. The summed E-state index contributed by atoms with van der Waals surface area (Å²) in [4.78, 5) is 63.9. The number of nitrogens with one attached hydrogen (secondary N) is 2. The van der Waals surface area contributed by atoms with Gasteiger partial charge in [-0.25, -0.2) is 22.6 Å². The fourth-order valence-corrected chi connectivity index (χ4v) is 10.1. The van der Waals surface area contributed by atoms with Crippen LogP contribution in [0.2, 0.25) is 0 Å². The molecule has 17 heteroatoms. The van der Waals surface area contributed by atoms with E-state index in [-0.39, 0.29) is 50.6 Å². The molecule has 4 amide bonds. The maximum atomic E-state index is 15.2. The highest BCUT2D eigenvalue weighted by atomic mass is 32.2. The number of carbonyl (C=O) groups is 4.